The van der Waals surface area contributed by atoms with Crippen molar-refractivity contribution in [3.05, 3.63) is 100 Å². The molecule has 1 unspecified atom stereocenters. The highest BCUT2D eigenvalue weighted by Crippen LogP contribution is 2.39. The third-order valence-electron chi connectivity index (χ3n) is 5.77. The van der Waals surface area contributed by atoms with E-state index in [0.717, 1.165) is 43.7 Å². The molecule has 0 aromatic heterocycles. The van der Waals surface area contributed by atoms with Crippen molar-refractivity contribution in [3.8, 4) is 5.75 Å². The average Bonchev–Trinajstić information content (AvgIpc) is 3.09. The van der Waals surface area contributed by atoms with Gasteiger partial charge in [-0.3, -0.25) is 4.90 Å². The second-order valence-corrected chi connectivity index (χ2v) is 8.53. The van der Waals surface area contributed by atoms with E-state index in [4.69, 9.17) is 16.3 Å². The molecular weight excluding hydrogens is 449 g/mol. The lowest BCUT2D eigenvalue weighted by Gasteiger charge is -2.32. The molecule has 1 N–H and O–H groups in total. The van der Waals surface area contributed by atoms with Crippen molar-refractivity contribution >= 4 is 11.6 Å². The average molecular weight is 475 g/mol. The number of nitrogens with one attached hydrogen (secondary N) is 1. The summed E-state index contributed by atoms with van der Waals surface area (Å²) in [5, 5.41) is 3.07. The van der Waals surface area contributed by atoms with Crippen LogP contribution < -0.4 is 10.1 Å². The highest BCUT2D eigenvalue weighted by Gasteiger charge is 2.35. The molecule has 1 fully saturated rings. The lowest BCUT2D eigenvalue weighted by Crippen LogP contribution is -2.33. The lowest BCUT2D eigenvalue weighted by molar-refractivity contribution is -0.137. The van der Waals surface area contributed by atoms with Crippen LogP contribution in [0.2, 0.25) is 5.02 Å². The normalized spacial score (nSPS) is 16.2. The van der Waals surface area contributed by atoms with Crippen LogP contribution in [0.1, 0.15) is 34.7 Å². The summed E-state index contributed by atoms with van der Waals surface area (Å²) in [5.41, 5.74) is 1.69. The Morgan fingerprint density at radius 3 is 2.48 bits per heavy atom. The predicted octanol–water partition coefficient (Wildman–Crippen LogP) is 6.32. The van der Waals surface area contributed by atoms with Gasteiger partial charge < -0.3 is 10.1 Å². The maximum atomic E-state index is 13.6. The highest BCUT2D eigenvalue weighted by molar-refractivity contribution is 6.31. The molecule has 174 valence electrons. The number of halogens is 4. The number of hydrogen-bond donors (Lipinski definition) is 1. The van der Waals surface area contributed by atoms with E-state index in [2.05, 4.69) is 10.2 Å². The second kappa shape index (κ2) is 10.6. The first kappa shape index (κ1) is 23.6. The van der Waals surface area contributed by atoms with Crippen LogP contribution in [0, 0.1) is 0 Å². The Morgan fingerprint density at radius 1 is 0.909 bits per heavy atom. The van der Waals surface area contributed by atoms with Crippen LogP contribution in [-0.2, 0) is 12.8 Å². The fourth-order valence-electron chi connectivity index (χ4n) is 4.18. The third kappa shape index (κ3) is 6.08. The van der Waals surface area contributed by atoms with Crippen molar-refractivity contribution in [1.29, 1.82) is 0 Å². The summed E-state index contributed by atoms with van der Waals surface area (Å²) < 4.78 is 46.8. The van der Waals surface area contributed by atoms with Crippen LogP contribution in [0.15, 0.2) is 72.8 Å². The Kier molecular flexibility index (Phi) is 7.58. The van der Waals surface area contributed by atoms with Crippen LogP contribution in [0.5, 0.6) is 5.75 Å². The Bertz CT molecular complexity index is 1050. The quantitative estimate of drug-likeness (QED) is 0.452. The Balaban J connectivity index is 1.68. The molecular formula is C26H26ClF3N2O. The van der Waals surface area contributed by atoms with Gasteiger partial charge in [-0.2, -0.15) is 13.2 Å². The van der Waals surface area contributed by atoms with Gasteiger partial charge in [-0.25, -0.2) is 0 Å². The summed E-state index contributed by atoms with van der Waals surface area (Å²) in [4.78, 5) is 2.22. The summed E-state index contributed by atoms with van der Waals surface area (Å²) >= 11 is 5.90. The number of hydrogen-bond acceptors (Lipinski definition) is 3. The van der Waals surface area contributed by atoms with E-state index in [0.29, 0.717) is 17.9 Å². The monoisotopic (exact) mass is 474 g/mol. The number of ether oxygens (including phenoxy) is 1. The molecule has 0 spiro atoms. The van der Waals surface area contributed by atoms with Gasteiger partial charge in [0.15, 0.2) is 0 Å². The molecule has 0 saturated carbocycles. The molecule has 3 aromatic rings. The first-order chi connectivity index (χ1) is 15.9. The van der Waals surface area contributed by atoms with Gasteiger partial charge >= 0.3 is 6.18 Å². The van der Waals surface area contributed by atoms with Gasteiger partial charge in [0.2, 0.25) is 0 Å². The van der Waals surface area contributed by atoms with E-state index in [1.165, 1.54) is 12.1 Å². The first-order valence-corrected chi connectivity index (χ1v) is 11.4. The van der Waals surface area contributed by atoms with Crippen molar-refractivity contribution in [1.82, 2.24) is 10.2 Å². The van der Waals surface area contributed by atoms with Gasteiger partial charge in [0.05, 0.1) is 16.6 Å². The fraction of sp³-hybridized carbons (Fsp3) is 0.308. The summed E-state index contributed by atoms with van der Waals surface area (Å²) in [6.07, 6.45) is -3.60. The number of nitrogens with zero attached hydrogens (tertiary/aromatic N) is 1. The third-order valence-corrected chi connectivity index (χ3v) is 6.10. The van der Waals surface area contributed by atoms with Crippen LogP contribution in [0.4, 0.5) is 13.2 Å². The minimum atomic E-state index is -4.52. The summed E-state index contributed by atoms with van der Waals surface area (Å²) in [5.74, 6) is 0.680. The smallest absolute Gasteiger partial charge is 0.417 e. The van der Waals surface area contributed by atoms with Crippen molar-refractivity contribution < 1.29 is 17.9 Å². The molecule has 1 saturated heterocycles. The number of rotatable bonds is 6. The zero-order valence-corrected chi connectivity index (χ0v) is 18.9. The minimum Gasteiger partial charge on any atom is -0.489 e. The van der Waals surface area contributed by atoms with E-state index in [1.54, 1.807) is 6.07 Å². The number of alkyl halides is 3. The molecule has 0 amide bonds. The van der Waals surface area contributed by atoms with Crippen molar-refractivity contribution in [2.24, 2.45) is 0 Å². The maximum Gasteiger partial charge on any atom is 0.417 e. The van der Waals surface area contributed by atoms with E-state index in [1.807, 2.05) is 54.6 Å². The maximum absolute atomic E-state index is 13.6. The van der Waals surface area contributed by atoms with Gasteiger partial charge in [0.1, 0.15) is 12.4 Å². The van der Waals surface area contributed by atoms with E-state index in [-0.39, 0.29) is 11.1 Å². The highest BCUT2D eigenvalue weighted by atomic mass is 35.5. The molecule has 0 aliphatic carbocycles. The van der Waals surface area contributed by atoms with Gasteiger partial charge in [-0.05, 0) is 53.9 Å². The second-order valence-electron chi connectivity index (χ2n) is 8.13. The van der Waals surface area contributed by atoms with Gasteiger partial charge in [-0.1, -0.05) is 60.1 Å². The topological polar surface area (TPSA) is 24.5 Å². The molecule has 33 heavy (non-hydrogen) atoms. The van der Waals surface area contributed by atoms with Crippen LogP contribution >= 0.6 is 11.6 Å². The zero-order valence-electron chi connectivity index (χ0n) is 18.1. The van der Waals surface area contributed by atoms with Crippen molar-refractivity contribution in [2.75, 3.05) is 26.2 Å². The van der Waals surface area contributed by atoms with Crippen molar-refractivity contribution in [2.45, 2.75) is 25.2 Å². The lowest BCUT2D eigenvalue weighted by atomic mass is 9.95. The molecule has 0 bridgehead atoms. The van der Waals surface area contributed by atoms with Gasteiger partial charge in [0.25, 0.3) is 0 Å². The predicted molar refractivity (Wildman–Crippen MR) is 125 cm³/mol. The van der Waals surface area contributed by atoms with Crippen LogP contribution in [-0.4, -0.2) is 31.1 Å². The number of benzene rings is 3. The molecule has 0 radical (unpaired) electrons. The minimum absolute atomic E-state index is 0.289. The summed E-state index contributed by atoms with van der Waals surface area (Å²) in [7, 11) is 0. The van der Waals surface area contributed by atoms with E-state index >= 15 is 0 Å². The Morgan fingerprint density at radius 2 is 1.70 bits per heavy atom. The largest absolute Gasteiger partial charge is 0.489 e. The molecule has 1 aliphatic rings. The molecule has 1 aliphatic heterocycles. The van der Waals surface area contributed by atoms with E-state index < -0.39 is 11.7 Å². The summed E-state index contributed by atoms with van der Waals surface area (Å²) in [6, 6.07) is 21.3. The zero-order chi connectivity index (χ0) is 23.3. The molecule has 3 nitrogen and oxygen atoms in total. The standard InChI is InChI=1S/C26H26ClF3N2O/c27-24-11-10-21(17-23(24)26(28,29)30)25(32-14-5-12-31-13-15-32)20-8-4-9-22(16-20)33-18-19-6-2-1-3-7-19/h1-4,6-11,16-17,25,31H,5,12-15,18H2. The molecule has 1 atom stereocenters. The Labute approximate surface area is 197 Å². The van der Waals surface area contributed by atoms with Gasteiger partial charge in [-0.15, -0.1) is 0 Å². The van der Waals surface area contributed by atoms with E-state index in [9.17, 15) is 13.2 Å². The van der Waals surface area contributed by atoms with Gasteiger partial charge in [0, 0.05) is 19.6 Å². The molecule has 1 heterocycles. The molecule has 4 rings (SSSR count). The molecule has 3 aromatic carbocycles. The Hall–Kier alpha value is -2.54. The SMILES string of the molecule is FC(F)(F)c1cc(C(c2cccc(OCc3ccccc3)c2)N2CCCNCC2)ccc1Cl. The van der Waals surface area contributed by atoms with Crippen LogP contribution in [0.25, 0.3) is 0 Å². The van der Waals surface area contributed by atoms with Crippen LogP contribution in [0.3, 0.4) is 0 Å². The fourth-order valence-corrected chi connectivity index (χ4v) is 4.41. The first-order valence-electron chi connectivity index (χ1n) is 11.0. The van der Waals surface area contributed by atoms with Crippen molar-refractivity contribution in [3.63, 3.8) is 0 Å². The summed E-state index contributed by atoms with van der Waals surface area (Å²) in [6.45, 7) is 3.58. The molecule has 7 heteroatoms.